The van der Waals surface area contributed by atoms with Crippen molar-refractivity contribution >= 4 is 11.4 Å². The molecule has 4 rings (SSSR count). The lowest BCUT2D eigenvalue weighted by atomic mass is 9.91. The Morgan fingerprint density at radius 1 is 1.32 bits per heavy atom. The maximum atomic E-state index is 11.6. The van der Waals surface area contributed by atoms with Crippen molar-refractivity contribution < 1.29 is 9.53 Å². The summed E-state index contributed by atoms with van der Waals surface area (Å²) in [5.74, 6) is 3.14. The molecule has 0 bridgehead atoms. The third-order valence-electron chi connectivity index (χ3n) is 5.68. The van der Waals surface area contributed by atoms with Crippen molar-refractivity contribution in [2.45, 2.75) is 26.2 Å². The maximum absolute atomic E-state index is 11.6. The van der Waals surface area contributed by atoms with Gasteiger partial charge >= 0.3 is 0 Å². The number of pyridine rings is 2. The molecule has 4 heterocycles. The van der Waals surface area contributed by atoms with Gasteiger partial charge < -0.3 is 9.64 Å². The van der Waals surface area contributed by atoms with Gasteiger partial charge in [-0.2, -0.15) is 10.4 Å². The first kappa shape index (κ1) is 20.4. The SMILES string of the molecule is C#CC(=O)N1CCC(Cc2ccc(-c3cc(OCC)cn4ncc(C#N)c34)cn2)CC1. The van der Waals surface area contributed by atoms with E-state index in [-0.39, 0.29) is 5.91 Å². The fourth-order valence-electron chi connectivity index (χ4n) is 4.08. The fourth-order valence-corrected chi connectivity index (χ4v) is 4.08. The lowest BCUT2D eigenvalue weighted by Gasteiger charge is -2.30. The van der Waals surface area contributed by atoms with Gasteiger partial charge in [0.2, 0.25) is 0 Å². The van der Waals surface area contributed by atoms with Gasteiger partial charge in [0.1, 0.15) is 11.8 Å². The number of nitrogens with zero attached hydrogens (tertiary/aromatic N) is 5. The van der Waals surface area contributed by atoms with Crippen molar-refractivity contribution in [1.29, 1.82) is 5.26 Å². The number of aromatic nitrogens is 3. The molecule has 7 heteroatoms. The number of carbonyl (C=O) groups is 1. The molecule has 1 amide bonds. The molecule has 0 aliphatic carbocycles. The van der Waals surface area contributed by atoms with Crippen molar-refractivity contribution in [3.05, 3.63) is 48.0 Å². The second-order valence-corrected chi connectivity index (χ2v) is 7.61. The summed E-state index contributed by atoms with van der Waals surface area (Å²) < 4.78 is 7.35. The number of terminal acetylenes is 1. The number of nitriles is 1. The predicted octanol–water partition coefficient (Wildman–Crippen LogP) is 3.08. The van der Waals surface area contributed by atoms with Crippen LogP contribution in [-0.4, -0.2) is 45.1 Å². The molecule has 3 aromatic heterocycles. The van der Waals surface area contributed by atoms with Crippen LogP contribution < -0.4 is 4.74 Å². The normalized spacial score (nSPS) is 14.2. The van der Waals surface area contributed by atoms with E-state index in [0.29, 0.717) is 36.9 Å². The number of carbonyl (C=O) groups excluding carboxylic acids is 1. The largest absolute Gasteiger partial charge is 0.492 e. The molecule has 31 heavy (non-hydrogen) atoms. The number of ether oxygens (including phenoxy) is 1. The van der Waals surface area contributed by atoms with Crippen LogP contribution in [0, 0.1) is 29.6 Å². The Labute approximate surface area is 181 Å². The molecule has 1 saturated heterocycles. The van der Waals surface area contributed by atoms with Crippen LogP contribution in [-0.2, 0) is 11.2 Å². The topological polar surface area (TPSA) is 83.5 Å². The first-order valence-corrected chi connectivity index (χ1v) is 10.4. The number of piperidine rings is 1. The molecule has 0 radical (unpaired) electrons. The number of fused-ring (bicyclic) bond motifs is 1. The Bertz CT molecular complexity index is 1180. The Morgan fingerprint density at radius 2 is 2.13 bits per heavy atom. The molecule has 0 aromatic carbocycles. The highest BCUT2D eigenvalue weighted by molar-refractivity contribution is 5.92. The third kappa shape index (κ3) is 4.22. The zero-order valence-electron chi connectivity index (χ0n) is 17.4. The molecule has 0 atom stereocenters. The molecule has 156 valence electrons. The monoisotopic (exact) mass is 413 g/mol. The number of rotatable bonds is 5. The van der Waals surface area contributed by atoms with Gasteiger partial charge in [0.15, 0.2) is 0 Å². The Hall–Kier alpha value is -3.84. The lowest BCUT2D eigenvalue weighted by molar-refractivity contribution is -0.126. The molecular weight excluding hydrogens is 390 g/mol. The summed E-state index contributed by atoms with van der Waals surface area (Å²) >= 11 is 0. The van der Waals surface area contributed by atoms with Gasteiger partial charge in [-0.05, 0) is 50.2 Å². The first-order chi connectivity index (χ1) is 15.1. The lowest BCUT2D eigenvalue weighted by Crippen LogP contribution is -2.38. The quantitative estimate of drug-likeness (QED) is 0.600. The summed E-state index contributed by atoms with van der Waals surface area (Å²) in [6.07, 6.45) is 13.1. The van der Waals surface area contributed by atoms with Crippen LogP contribution in [0.15, 0.2) is 36.8 Å². The van der Waals surface area contributed by atoms with Gasteiger partial charge in [-0.1, -0.05) is 6.07 Å². The highest BCUT2D eigenvalue weighted by Crippen LogP contribution is 2.31. The van der Waals surface area contributed by atoms with E-state index in [1.807, 2.05) is 31.3 Å². The van der Waals surface area contributed by atoms with E-state index in [4.69, 9.17) is 11.2 Å². The maximum Gasteiger partial charge on any atom is 0.298 e. The summed E-state index contributed by atoms with van der Waals surface area (Å²) in [5, 5.41) is 13.8. The molecule has 1 aliphatic rings. The minimum absolute atomic E-state index is 0.224. The van der Waals surface area contributed by atoms with E-state index in [1.165, 1.54) is 0 Å². The fraction of sp³-hybridized carbons (Fsp3) is 0.333. The van der Waals surface area contributed by atoms with Gasteiger partial charge in [-0.3, -0.25) is 9.78 Å². The average Bonchev–Trinajstić information content (AvgIpc) is 3.22. The van der Waals surface area contributed by atoms with E-state index in [0.717, 1.165) is 41.6 Å². The minimum atomic E-state index is -0.224. The molecule has 0 spiro atoms. The van der Waals surface area contributed by atoms with Crippen LogP contribution in [0.4, 0.5) is 0 Å². The van der Waals surface area contributed by atoms with Crippen molar-refractivity contribution in [1.82, 2.24) is 19.5 Å². The van der Waals surface area contributed by atoms with Crippen LogP contribution in [0.3, 0.4) is 0 Å². The van der Waals surface area contributed by atoms with Crippen LogP contribution >= 0.6 is 0 Å². The highest BCUT2D eigenvalue weighted by atomic mass is 16.5. The number of amides is 1. The van der Waals surface area contributed by atoms with Gasteiger partial charge in [0, 0.05) is 36.1 Å². The summed E-state index contributed by atoms with van der Waals surface area (Å²) in [4.78, 5) is 18.0. The standard InChI is InChI=1S/C24H23N5O2/c1-3-23(30)28-9-7-17(8-10-28)11-20-6-5-18(14-26-20)22-12-21(31-4-2)16-29-24(22)19(13-25)15-27-29/h1,5-6,12,14-17H,4,7-11H2,2H3. The van der Waals surface area contributed by atoms with Crippen molar-refractivity contribution in [2.24, 2.45) is 5.92 Å². The smallest absolute Gasteiger partial charge is 0.298 e. The Balaban J connectivity index is 1.54. The molecule has 7 nitrogen and oxygen atoms in total. The zero-order chi connectivity index (χ0) is 21.8. The average molecular weight is 413 g/mol. The molecule has 0 unspecified atom stereocenters. The van der Waals surface area contributed by atoms with Crippen LogP contribution in [0.1, 0.15) is 31.0 Å². The molecule has 1 aliphatic heterocycles. The van der Waals surface area contributed by atoms with E-state index in [1.54, 1.807) is 21.8 Å². The van der Waals surface area contributed by atoms with Crippen molar-refractivity contribution in [3.8, 4) is 35.3 Å². The highest BCUT2D eigenvalue weighted by Gasteiger charge is 2.22. The summed E-state index contributed by atoms with van der Waals surface area (Å²) in [5.41, 5.74) is 4.03. The van der Waals surface area contributed by atoms with Crippen molar-refractivity contribution in [3.63, 3.8) is 0 Å². The summed E-state index contributed by atoms with van der Waals surface area (Å²) in [6.45, 7) is 3.87. The van der Waals surface area contributed by atoms with Gasteiger partial charge in [0.05, 0.1) is 30.1 Å². The van der Waals surface area contributed by atoms with E-state index >= 15 is 0 Å². The molecule has 1 fully saturated rings. The second-order valence-electron chi connectivity index (χ2n) is 7.61. The third-order valence-corrected chi connectivity index (χ3v) is 5.68. The van der Waals surface area contributed by atoms with Crippen LogP contribution in [0.25, 0.3) is 16.6 Å². The van der Waals surface area contributed by atoms with Crippen molar-refractivity contribution in [2.75, 3.05) is 19.7 Å². The Kier molecular flexibility index (Phi) is 5.86. The molecule has 0 N–H and O–H groups in total. The van der Waals surface area contributed by atoms with E-state index in [2.05, 4.69) is 22.1 Å². The summed E-state index contributed by atoms with van der Waals surface area (Å²) in [7, 11) is 0. The van der Waals surface area contributed by atoms with Crippen LogP contribution in [0.2, 0.25) is 0 Å². The number of hydrogen-bond donors (Lipinski definition) is 0. The minimum Gasteiger partial charge on any atom is -0.492 e. The number of hydrogen-bond acceptors (Lipinski definition) is 5. The number of likely N-dealkylation sites (tertiary alicyclic amines) is 1. The first-order valence-electron chi connectivity index (χ1n) is 10.4. The predicted molar refractivity (Wildman–Crippen MR) is 116 cm³/mol. The zero-order valence-corrected chi connectivity index (χ0v) is 17.4. The Morgan fingerprint density at radius 3 is 2.77 bits per heavy atom. The van der Waals surface area contributed by atoms with E-state index in [9.17, 15) is 10.1 Å². The summed E-state index contributed by atoms with van der Waals surface area (Å²) in [6, 6.07) is 8.19. The van der Waals surface area contributed by atoms with Crippen LogP contribution in [0.5, 0.6) is 5.75 Å². The van der Waals surface area contributed by atoms with Gasteiger partial charge in [0.25, 0.3) is 5.91 Å². The van der Waals surface area contributed by atoms with Gasteiger partial charge in [-0.25, -0.2) is 4.52 Å². The second kappa shape index (κ2) is 8.89. The van der Waals surface area contributed by atoms with E-state index < -0.39 is 0 Å². The molecular formula is C24H23N5O2. The molecule has 0 saturated carbocycles. The van der Waals surface area contributed by atoms with Gasteiger partial charge in [-0.15, -0.1) is 6.42 Å². The molecule has 3 aromatic rings.